The average Bonchev–Trinajstić information content (AvgIpc) is 2.58. The highest BCUT2D eigenvalue weighted by atomic mass is 32.2. The molecule has 0 unspecified atom stereocenters. The highest BCUT2D eigenvalue weighted by Crippen LogP contribution is 2.22. The van der Waals surface area contributed by atoms with Gasteiger partial charge in [0, 0.05) is 12.1 Å². The molecular weight excluding hydrogens is 262 g/mol. The van der Waals surface area contributed by atoms with Gasteiger partial charge in [0.2, 0.25) is 0 Å². The van der Waals surface area contributed by atoms with Crippen molar-refractivity contribution in [2.24, 2.45) is 0 Å². The van der Waals surface area contributed by atoms with Crippen molar-refractivity contribution in [2.45, 2.75) is 12.3 Å². The van der Waals surface area contributed by atoms with Gasteiger partial charge in [-0.05, 0) is 6.26 Å². The second-order valence-corrected chi connectivity index (χ2v) is 4.56. The Kier molecular flexibility index (Phi) is 3.51. The molecule has 0 bridgehead atoms. The molecule has 0 aliphatic rings. The number of aliphatic carboxylic acids is 1. The number of halogens is 2. The maximum absolute atomic E-state index is 13.2. The molecule has 0 radical (unpaired) electrons. The SMILES string of the molecule is CSCc1nc2cc(F)c(F)cc2n1CC(=O)O. The Balaban J connectivity index is 2.64. The maximum atomic E-state index is 13.2. The first-order valence-corrected chi connectivity index (χ1v) is 6.47. The lowest BCUT2D eigenvalue weighted by Gasteiger charge is -2.05. The van der Waals surface area contributed by atoms with Crippen LogP contribution in [-0.2, 0) is 17.1 Å². The molecule has 18 heavy (non-hydrogen) atoms. The third-order valence-electron chi connectivity index (χ3n) is 2.44. The van der Waals surface area contributed by atoms with Gasteiger partial charge < -0.3 is 9.67 Å². The minimum absolute atomic E-state index is 0.263. The van der Waals surface area contributed by atoms with Crippen molar-refractivity contribution in [3.05, 3.63) is 29.6 Å². The first-order valence-electron chi connectivity index (χ1n) is 5.08. The van der Waals surface area contributed by atoms with Gasteiger partial charge in [-0.15, -0.1) is 0 Å². The number of benzene rings is 1. The molecule has 4 nitrogen and oxygen atoms in total. The summed E-state index contributed by atoms with van der Waals surface area (Å²) in [4.78, 5) is 14.9. The van der Waals surface area contributed by atoms with Gasteiger partial charge in [0.15, 0.2) is 11.6 Å². The number of fused-ring (bicyclic) bond motifs is 1. The highest BCUT2D eigenvalue weighted by Gasteiger charge is 2.15. The summed E-state index contributed by atoms with van der Waals surface area (Å²) in [5, 5.41) is 8.84. The Morgan fingerprint density at radius 2 is 2.11 bits per heavy atom. The number of carboxylic acids is 1. The quantitative estimate of drug-likeness (QED) is 0.927. The fourth-order valence-corrected chi connectivity index (χ4v) is 2.20. The highest BCUT2D eigenvalue weighted by molar-refractivity contribution is 7.97. The Morgan fingerprint density at radius 1 is 1.44 bits per heavy atom. The zero-order chi connectivity index (χ0) is 13.3. The van der Waals surface area contributed by atoms with Crippen LogP contribution >= 0.6 is 11.8 Å². The summed E-state index contributed by atoms with van der Waals surface area (Å²) in [6, 6.07) is 1.96. The van der Waals surface area contributed by atoms with Crippen molar-refractivity contribution in [3.63, 3.8) is 0 Å². The molecular formula is C11H10F2N2O2S. The van der Waals surface area contributed by atoms with E-state index in [1.54, 1.807) is 0 Å². The molecule has 0 amide bonds. The molecule has 0 saturated heterocycles. The number of nitrogens with zero attached hydrogens (tertiary/aromatic N) is 2. The molecule has 1 N–H and O–H groups in total. The van der Waals surface area contributed by atoms with Crippen molar-refractivity contribution < 1.29 is 18.7 Å². The van der Waals surface area contributed by atoms with Gasteiger partial charge in [0.1, 0.15) is 12.4 Å². The van der Waals surface area contributed by atoms with Crippen molar-refractivity contribution in [2.75, 3.05) is 6.26 Å². The molecule has 0 aliphatic heterocycles. The van der Waals surface area contributed by atoms with E-state index >= 15 is 0 Å². The molecule has 7 heteroatoms. The number of rotatable bonds is 4. The van der Waals surface area contributed by atoms with Gasteiger partial charge in [0.05, 0.1) is 16.8 Å². The Bertz CT molecular complexity index is 613. The number of aromatic nitrogens is 2. The van der Waals surface area contributed by atoms with Crippen LogP contribution < -0.4 is 0 Å². The Hall–Kier alpha value is -1.63. The number of carboxylic acid groups (broad SMARTS) is 1. The van der Waals surface area contributed by atoms with Crippen LogP contribution in [0.2, 0.25) is 0 Å². The summed E-state index contributed by atoms with van der Waals surface area (Å²) in [6.07, 6.45) is 1.84. The van der Waals surface area contributed by atoms with Crippen molar-refractivity contribution in [1.82, 2.24) is 9.55 Å². The van der Waals surface area contributed by atoms with Crippen LogP contribution in [0.5, 0.6) is 0 Å². The smallest absolute Gasteiger partial charge is 0.323 e. The average molecular weight is 272 g/mol. The number of carbonyl (C=O) groups is 1. The first kappa shape index (κ1) is 12.8. The monoisotopic (exact) mass is 272 g/mol. The second-order valence-electron chi connectivity index (χ2n) is 3.70. The minimum atomic E-state index is -1.05. The van der Waals surface area contributed by atoms with Crippen LogP contribution in [0.1, 0.15) is 5.82 Å². The zero-order valence-corrected chi connectivity index (χ0v) is 10.3. The normalized spacial score (nSPS) is 11.1. The second kappa shape index (κ2) is 4.93. The van der Waals surface area contributed by atoms with Gasteiger partial charge in [-0.1, -0.05) is 0 Å². The Morgan fingerprint density at radius 3 is 2.72 bits per heavy atom. The summed E-state index contributed by atoms with van der Waals surface area (Å²) in [7, 11) is 0. The lowest BCUT2D eigenvalue weighted by Crippen LogP contribution is -2.11. The first-order chi connectivity index (χ1) is 8.52. The topological polar surface area (TPSA) is 55.1 Å². The van der Waals surface area contributed by atoms with E-state index in [-0.39, 0.29) is 12.1 Å². The molecule has 1 heterocycles. The molecule has 2 aromatic rings. The number of hydrogen-bond donors (Lipinski definition) is 1. The predicted octanol–water partition coefficient (Wildman–Crippen LogP) is 2.26. The number of imidazole rings is 1. The van der Waals surface area contributed by atoms with Gasteiger partial charge >= 0.3 is 5.97 Å². The molecule has 1 aromatic carbocycles. The van der Waals surface area contributed by atoms with Crippen LogP contribution in [0, 0.1) is 11.6 Å². The molecule has 0 aliphatic carbocycles. The maximum Gasteiger partial charge on any atom is 0.323 e. The van der Waals surface area contributed by atoms with Gasteiger partial charge in [-0.2, -0.15) is 11.8 Å². The van der Waals surface area contributed by atoms with Crippen LogP contribution in [0.3, 0.4) is 0 Å². The van der Waals surface area contributed by atoms with Crippen LogP contribution in [0.15, 0.2) is 12.1 Å². The molecule has 0 saturated carbocycles. The number of thioether (sulfide) groups is 1. The third kappa shape index (κ3) is 2.31. The molecule has 0 fully saturated rings. The van der Waals surface area contributed by atoms with Crippen molar-refractivity contribution in [3.8, 4) is 0 Å². The lowest BCUT2D eigenvalue weighted by atomic mass is 10.3. The molecule has 2 rings (SSSR count). The van der Waals surface area contributed by atoms with Gasteiger partial charge in [-0.25, -0.2) is 13.8 Å². The van der Waals surface area contributed by atoms with Gasteiger partial charge in [-0.3, -0.25) is 4.79 Å². The summed E-state index contributed by atoms with van der Waals surface area (Å²) >= 11 is 1.46. The fraction of sp³-hybridized carbons (Fsp3) is 0.273. The molecule has 0 spiro atoms. The molecule has 96 valence electrons. The predicted molar refractivity (Wildman–Crippen MR) is 64.5 cm³/mol. The van der Waals surface area contributed by atoms with E-state index in [0.29, 0.717) is 17.1 Å². The third-order valence-corrected chi connectivity index (χ3v) is 2.98. The summed E-state index contributed by atoms with van der Waals surface area (Å²) < 4.78 is 27.7. The van der Waals surface area contributed by atoms with E-state index in [4.69, 9.17) is 5.11 Å². The Labute approximate surface area is 106 Å². The van der Waals surface area contributed by atoms with E-state index in [0.717, 1.165) is 12.1 Å². The fourth-order valence-electron chi connectivity index (χ4n) is 1.72. The van der Waals surface area contributed by atoms with Crippen molar-refractivity contribution in [1.29, 1.82) is 0 Å². The standard InChI is InChI=1S/C11H10F2N2O2S/c1-18-5-10-14-8-2-6(12)7(13)3-9(8)15(10)4-11(16)17/h2-3H,4-5H2,1H3,(H,16,17). The van der Waals surface area contributed by atoms with E-state index < -0.39 is 17.6 Å². The van der Waals surface area contributed by atoms with Crippen LogP contribution in [-0.4, -0.2) is 26.9 Å². The lowest BCUT2D eigenvalue weighted by molar-refractivity contribution is -0.137. The molecule has 0 atom stereocenters. The van der Waals surface area contributed by atoms with E-state index in [9.17, 15) is 13.6 Å². The van der Waals surface area contributed by atoms with Crippen LogP contribution in [0.4, 0.5) is 8.78 Å². The largest absolute Gasteiger partial charge is 0.480 e. The van der Waals surface area contributed by atoms with E-state index in [1.165, 1.54) is 16.3 Å². The van der Waals surface area contributed by atoms with E-state index in [2.05, 4.69) is 4.98 Å². The van der Waals surface area contributed by atoms with Gasteiger partial charge in [0.25, 0.3) is 0 Å². The summed E-state index contributed by atoms with van der Waals surface area (Å²) in [6.45, 7) is -0.322. The zero-order valence-electron chi connectivity index (χ0n) is 9.48. The summed E-state index contributed by atoms with van der Waals surface area (Å²) in [5.41, 5.74) is 0.555. The minimum Gasteiger partial charge on any atom is -0.480 e. The number of hydrogen-bond acceptors (Lipinski definition) is 3. The van der Waals surface area contributed by atoms with Crippen molar-refractivity contribution >= 4 is 28.8 Å². The van der Waals surface area contributed by atoms with Crippen LogP contribution in [0.25, 0.3) is 11.0 Å². The summed E-state index contributed by atoms with van der Waals surface area (Å²) in [5.74, 6) is -2.08. The molecule has 1 aromatic heterocycles. The van der Waals surface area contributed by atoms with E-state index in [1.807, 2.05) is 6.26 Å².